The van der Waals surface area contributed by atoms with Crippen molar-refractivity contribution in [3.63, 3.8) is 0 Å². The zero-order valence-electron chi connectivity index (χ0n) is 10.1. The number of halogens is 1. The van der Waals surface area contributed by atoms with Gasteiger partial charge in [-0.1, -0.05) is 30.3 Å². The molecule has 1 heterocycles. The van der Waals surface area contributed by atoms with Crippen LogP contribution in [0.15, 0.2) is 43.1 Å². The summed E-state index contributed by atoms with van der Waals surface area (Å²) >= 11 is 5.92. The first-order valence-corrected chi connectivity index (χ1v) is 5.88. The minimum Gasteiger partial charge on any atom is -0.399 e. The van der Waals surface area contributed by atoms with Crippen molar-refractivity contribution < 1.29 is 0 Å². The highest BCUT2D eigenvalue weighted by Crippen LogP contribution is 2.28. The highest BCUT2D eigenvalue weighted by Gasteiger charge is 2.09. The lowest BCUT2D eigenvalue weighted by molar-refractivity contribution is 1.26. The van der Waals surface area contributed by atoms with E-state index in [-0.39, 0.29) is 0 Å². The van der Waals surface area contributed by atoms with Gasteiger partial charge in [0, 0.05) is 24.5 Å². The van der Waals surface area contributed by atoms with E-state index in [0.29, 0.717) is 10.7 Å². The predicted molar refractivity (Wildman–Crippen MR) is 77.8 cm³/mol. The molecule has 0 unspecified atom stereocenters. The average molecular weight is 260 g/mol. The van der Waals surface area contributed by atoms with Crippen molar-refractivity contribution in [2.24, 2.45) is 0 Å². The van der Waals surface area contributed by atoms with Crippen LogP contribution in [0.1, 0.15) is 11.3 Å². The van der Waals surface area contributed by atoms with Crippen LogP contribution in [0.2, 0.25) is 5.02 Å². The molecule has 4 heteroatoms. The van der Waals surface area contributed by atoms with Gasteiger partial charge >= 0.3 is 0 Å². The molecule has 0 saturated carbocycles. The van der Waals surface area contributed by atoms with Gasteiger partial charge in [0.2, 0.25) is 0 Å². The lowest BCUT2D eigenvalue weighted by atomic mass is 10.0. The molecule has 3 nitrogen and oxygen atoms in total. The molecule has 2 rings (SSSR count). The Hall–Kier alpha value is -2.00. The third-order valence-corrected chi connectivity index (χ3v) is 2.85. The quantitative estimate of drug-likeness (QED) is 0.831. The number of nitrogens with one attached hydrogen (secondary N) is 1. The topological polar surface area (TPSA) is 50.9 Å². The molecule has 0 saturated heterocycles. The SMILES string of the molecule is C=C(c1cccc(N)c1)c1ncc(Cl)cc1NC. The van der Waals surface area contributed by atoms with E-state index in [2.05, 4.69) is 16.9 Å². The van der Waals surface area contributed by atoms with Crippen molar-refractivity contribution in [2.45, 2.75) is 0 Å². The van der Waals surface area contributed by atoms with E-state index in [9.17, 15) is 0 Å². The van der Waals surface area contributed by atoms with Crippen molar-refractivity contribution in [1.82, 2.24) is 4.98 Å². The molecule has 18 heavy (non-hydrogen) atoms. The van der Waals surface area contributed by atoms with E-state index in [1.54, 1.807) is 6.20 Å². The van der Waals surface area contributed by atoms with Crippen LogP contribution in [-0.4, -0.2) is 12.0 Å². The summed E-state index contributed by atoms with van der Waals surface area (Å²) in [7, 11) is 1.82. The first-order valence-electron chi connectivity index (χ1n) is 5.50. The standard InChI is InChI=1S/C14H14ClN3/c1-9(10-4-3-5-12(16)6-10)14-13(17-2)7-11(15)8-18-14/h3-8,17H,1,16H2,2H3. The van der Waals surface area contributed by atoms with Crippen LogP contribution in [0.25, 0.3) is 5.57 Å². The molecule has 0 amide bonds. The maximum Gasteiger partial charge on any atom is 0.0934 e. The number of nitrogens with two attached hydrogens (primary N) is 1. The van der Waals surface area contributed by atoms with E-state index in [4.69, 9.17) is 17.3 Å². The Balaban J connectivity index is 2.46. The number of hydrogen-bond donors (Lipinski definition) is 2. The number of hydrogen-bond acceptors (Lipinski definition) is 3. The van der Waals surface area contributed by atoms with Crippen molar-refractivity contribution in [3.05, 3.63) is 59.4 Å². The van der Waals surface area contributed by atoms with E-state index >= 15 is 0 Å². The van der Waals surface area contributed by atoms with Crippen LogP contribution in [-0.2, 0) is 0 Å². The van der Waals surface area contributed by atoms with Gasteiger partial charge in [0.25, 0.3) is 0 Å². The van der Waals surface area contributed by atoms with Gasteiger partial charge in [-0.05, 0) is 23.8 Å². The molecule has 3 N–H and O–H groups in total. The normalized spacial score (nSPS) is 10.1. The molecule has 0 fully saturated rings. The number of pyridine rings is 1. The van der Waals surface area contributed by atoms with Gasteiger partial charge in [-0.15, -0.1) is 0 Å². The van der Waals surface area contributed by atoms with E-state index in [0.717, 1.165) is 22.5 Å². The first kappa shape index (κ1) is 12.5. The van der Waals surface area contributed by atoms with Gasteiger partial charge in [-0.25, -0.2) is 0 Å². The third kappa shape index (κ3) is 2.46. The summed E-state index contributed by atoms with van der Waals surface area (Å²) in [5.74, 6) is 0. The summed E-state index contributed by atoms with van der Waals surface area (Å²) in [6, 6.07) is 9.38. The molecule has 2 aromatic rings. The molecular weight excluding hydrogens is 246 g/mol. The van der Waals surface area contributed by atoms with Crippen molar-refractivity contribution in [3.8, 4) is 0 Å². The van der Waals surface area contributed by atoms with Gasteiger partial charge in [0.15, 0.2) is 0 Å². The number of anilines is 2. The molecule has 1 aromatic carbocycles. The fraction of sp³-hybridized carbons (Fsp3) is 0.0714. The van der Waals surface area contributed by atoms with Gasteiger partial charge in [0.1, 0.15) is 0 Å². The Kier molecular flexibility index (Phi) is 3.53. The minimum atomic E-state index is 0.587. The average Bonchev–Trinajstić information content (AvgIpc) is 2.37. The smallest absolute Gasteiger partial charge is 0.0934 e. The Labute approximate surface area is 111 Å². The van der Waals surface area contributed by atoms with Crippen molar-refractivity contribution in [2.75, 3.05) is 18.1 Å². The Morgan fingerprint density at radius 2 is 2.17 bits per heavy atom. The molecule has 0 atom stereocenters. The molecule has 1 aromatic heterocycles. The van der Waals surface area contributed by atoms with E-state index in [1.807, 2.05) is 37.4 Å². The van der Waals surface area contributed by atoms with Crippen LogP contribution in [0, 0.1) is 0 Å². The summed E-state index contributed by atoms with van der Waals surface area (Å²) in [6.07, 6.45) is 1.61. The van der Waals surface area contributed by atoms with Crippen LogP contribution >= 0.6 is 11.6 Å². The van der Waals surface area contributed by atoms with Gasteiger partial charge in [-0.3, -0.25) is 4.98 Å². The van der Waals surface area contributed by atoms with Crippen molar-refractivity contribution in [1.29, 1.82) is 0 Å². The summed E-state index contributed by atoms with van der Waals surface area (Å²) in [4.78, 5) is 4.32. The molecular formula is C14H14ClN3. The second kappa shape index (κ2) is 5.10. The molecule has 92 valence electrons. The molecule has 0 bridgehead atoms. The molecule has 0 aliphatic heterocycles. The van der Waals surface area contributed by atoms with Gasteiger partial charge in [0.05, 0.1) is 16.4 Å². The predicted octanol–water partition coefficient (Wildman–Crippen LogP) is 3.42. The molecule has 0 radical (unpaired) electrons. The number of nitrogen functional groups attached to an aromatic ring is 1. The second-order valence-corrected chi connectivity index (χ2v) is 4.34. The number of nitrogens with zero attached hydrogens (tertiary/aromatic N) is 1. The first-order chi connectivity index (χ1) is 8.61. The molecule has 0 spiro atoms. The zero-order valence-corrected chi connectivity index (χ0v) is 10.8. The summed E-state index contributed by atoms with van der Waals surface area (Å²) < 4.78 is 0. The van der Waals surface area contributed by atoms with Crippen LogP contribution < -0.4 is 11.1 Å². The lowest BCUT2D eigenvalue weighted by Gasteiger charge is -2.11. The van der Waals surface area contributed by atoms with Gasteiger partial charge < -0.3 is 11.1 Å². The van der Waals surface area contributed by atoms with Crippen LogP contribution in [0.3, 0.4) is 0 Å². The molecule has 0 aliphatic carbocycles. The lowest BCUT2D eigenvalue weighted by Crippen LogP contribution is -1.99. The maximum absolute atomic E-state index is 5.92. The molecule has 0 aliphatic rings. The third-order valence-electron chi connectivity index (χ3n) is 2.64. The minimum absolute atomic E-state index is 0.587. The Morgan fingerprint density at radius 3 is 2.83 bits per heavy atom. The zero-order chi connectivity index (χ0) is 13.1. The summed E-state index contributed by atoms with van der Waals surface area (Å²) in [5.41, 5.74) is 9.84. The Morgan fingerprint density at radius 1 is 1.39 bits per heavy atom. The highest BCUT2D eigenvalue weighted by atomic mass is 35.5. The maximum atomic E-state index is 5.92. The number of rotatable bonds is 3. The fourth-order valence-electron chi connectivity index (χ4n) is 1.73. The summed E-state index contributed by atoms with van der Waals surface area (Å²) in [6.45, 7) is 4.07. The van der Waals surface area contributed by atoms with Gasteiger partial charge in [-0.2, -0.15) is 0 Å². The van der Waals surface area contributed by atoms with E-state index in [1.165, 1.54) is 0 Å². The fourth-order valence-corrected chi connectivity index (χ4v) is 1.89. The monoisotopic (exact) mass is 259 g/mol. The van der Waals surface area contributed by atoms with Crippen LogP contribution in [0.5, 0.6) is 0 Å². The number of aromatic nitrogens is 1. The largest absolute Gasteiger partial charge is 0.399 e. The Bertz CT molecular complexity index is 593. The second-order valence-electron chi connectivity index (χ2n) is 3.90. The van der Waals surface area contributed by atoms with Crippen molar-refractivity contribution >= 4 is 28.5 Å². The highest BCUT2D eigenvalue weighted by molar-refractivity contribution is 6.30. The number of benzene rings is 1. The van der Waals surface area contributed by atoms with E-state index < -0.39 is 0 Å². The summed E-state index contributed by atoms with van der Waals surface area (Å²) in [5, 5.41) is 3.65. The van der Waals surface area contributed by atoms with Crippen LogP contribution in [0.4, 0.5) is 11.4 Å².